The molecule has 3 rings (SSSR count). The van der Waals surface area contributed by atoms with Crippen molar-refractivity contribution in [2.75, 3.05) is 12.4 Å². The van der Waals surface area contributed by atoms with Crippen LogP contribution in [0, 0.1) is 0 Å². The summed E-state index contributed by atoms with van der Waals surface area (Å²) in [6.45, 7) is 2.07. The molecule has 0 saturated heterocycles. The van der Waals surface area contributed by atoms with E-state index in [1.54, 1.807) is 19.5 Å². The highest BCUT2D eigenvalue weighted by molar-refractivity contribution is 5.64. The summed E-state index contributed by atoms with van der Waals surface area (Å²) in [5.41, 5.74) is 5.22. The molecular weight excluding hydrogens is 312 g/mol. The van der Waals surface area contributed by atoms with Gasteiger partial charge >= 0.3 is 0 Å². The Morgan fingerprint density at radius 2 is 1.84 bits per heavy atom. The first-order valence-electron chi connectivity index (χ1n) is 8.26. The summed E-state index contributed by atoms with van der Waals surface area (Å²) >= 11 is 0. The molecule has 4 nitrogen and oxygen atoms in total. The molecule has 0 saturated carbocycles. The Hall–Kier alpha value is -2.85. The maximum absolute atomic E-state index is 9.47. The first-order valence-corrected chi connectivity index (χ1v) is 8.26. The molecule has 0 radical (unpaired) electrons. The van der Waals surface area contributed by atoms with Crippen molar-refractivity contribution in [1.29, 1.82) is 0 Å². The van der Waals surface area contributed by atoms with Crippen LogP contribution in [0.5, 0.6) is 5.75 Å². The Balaban J connectivity index is 1.81. The summed E-state index contributed by atoms with van der Waals surface area (Å²) < 4.78 is 5.25. The van der Waals surface area contributed by atoms with E-state index >= 15 is 0 Å². The lowest BCUT2D eigenvalue weighted by Gasteiger charge is -2.18. The number of aliphatic hydroxyl groups is 1. The zero-order valence-corrected chi connectivity index (χ0v) is 14.4. The van der Waals surface area contributed by atoms with Gasteiger partial charge in [-0.05, 0) is 60.0 Å². The van der Waals surface area contributed by atoms with Crippen molar-refractivity contribution in [3.8, 4) is 16.9 Å². The van der Waals surface area contributed by atoms with E-state index in [4.69, 9.17) is 4.74 Å². The molecule has 25 heavy (non-hydrogen) atoms. The molecule has 1 unspecified atom stereocenters. The summed E-state index contributed by atoms with van der Waals surface area (Å²) in [6, 6.07) is 18.4. The SMILES string of the molecule is COc1ccc(NC(C)c2cccc(-c3ccncc3)c2)cc1CO. The summed E-state index contributed by atoms with van der Waals surface area (Å²) in [4.78, 5) is 4.07. The lowest BCUT2D eigenvalue weighted by Crippen LogP contribution is -2.07. The maximum Gasteiger partial charge on any atom is 0.124 e. The number of hydrogen-bond donors (Lipinski definition) is 2. The van der Waals surface area contributed by atoms with Crippen molar-refractivity contribution in [3.63, 3.8) is 0 Å². The maximum atomic E-state index is 9.47. The van der Waals surface area contributed by atoms with Gasteiger partial charge < -0.3 is 15.2 Å². The van der Waals surface area contributed by atoms with Gasteiger partial charge in [-0.15, -0.1) is 0 Å². The van der Waals surface area contributed by atoms with Gasteiger partial charge in [-0.1, -0.05) is 18.2 Å². The third kappa shape index (κ3) is 3.98. The molecule has 0 bridgehead atoms. The number of rotatable bonds is 6. The van der Waals surface area contributed by atoms with E-state index in [1.165, 1.54) is 11.1 Å². The van der Waals surface area contributed by atoms with Crippen LogP contribution in [-0.4, -0.2) is 17.2 Å². The van der Waals surface area contributed by atoms with Crippen molar-refractivity contribution in [2.24, 2.45) is 0 Å². The van der Waals surface area contributed by atoms with Crippen LogP contribution in [0.1, 0.15) is 24.1 Å². The van der Waals surface area contributed by atoms with Gasteiger partial charge in [0.05, 0.1) is 13.7 Å². The fourth-order valence-corrected chi connectivity index (χ4v) is 2.86. The van der Waals surface area contributed by atoms with Crippen LogP contribution < -0.4 is 10.1 Å². The Bertz CT molecular complexity index is 834. The first kappa shape index (κ1) is 17.0. The second-order valence-electron chi connectivity index (χ2n) is 5.91. The van der Waals surface area contributed by atoms with Crippen molar-refractivity contribution < 1.29 is 9.84 Å². The average Bonchev–Trinajstić information content (AvgIpc) is 2.68. The van der Waals surface area contributed by atoms with Crippen LogP contribution in [0.3, 0.4) is 0 Å². The molecule has 4 heteroatoms. The van der Waals surface area contributed by atoms with Gasteiger partial charge in [-0.2, -0.15) is 0 Å². The van der Waals surface area contributed by atoms with Crippen molar-refractivity contribution in [2.45, 2.75) is 19.6 Å². The highest BCUT2D eigenvalue weighted by atomic mass is 16.5. The molecule has 0 amide bonds. The average molecular weight is 334 g/mol. The van der Waals surface area contributed by atoms with Gasteiger partial charge in [0.25, 0.3) is 0 Å². The minimum absolute atomic E-state index is 0.0510. The quantitative estimate of drug-likeness (QED) is 0.700. The molecule has 1 atom stereocenters. The van der Waals surface area contributed by atoms with Crippen LogP contribution in [0.15, 0.2) is 67.0 Å². The number of anilines is 1. The molecule has 0 aliphatic rings. The monoisotopic (exact) mass is 334 g/mol. The van der Waals surface area contributed by atoms with Gasteiger partial charge in [-0.25, -0.2) is 0 Å². The van der Waals surface area contributed by atoms with Crippen LogP contribution in [0.4, 0.5) is 5.69 Å². The lowest BCUT2D eigenvalue weighted by atomic mass is 10.0. The predicted octanol–water partition coefficient (Wildman–Crippen LogP) is 4.42. The van der Waals surface area contributed by atoms with E-state index in [0.29, 0.717) is 5.75 Å². The van der Waals surface area contributed by atoms with E-state index in [9.17, 15) is 5.11 Å². The molecule has 0 spiro atoms. The van der Waals surface area contributed by atoms with Gasteiger partial charge in [0.15, 0.2) is 0 Å². The van der Waals surface area contributed by atoms with Gasteiger partial charge in [0.2, 0.25) is 0 Å². The normalized spacial score (nSPS) is 11.8. The van der Waals surface area contributed by atoms with Crippen molar-refractivity contribution >= 4 is 5.69 Å². The number of ether oxygens (including phenoxy) is 1. The molecule has 3 aromatic rings. The highest BCUT2D eigenvalue weighted by Gasteiger charge is 2.09. The number of pyridine rings is 1. The Kier molecular flexibility index (Phi) is 5.31. The molecule has 0 aliphatic heterocycles. The van der Waals surface area contributed by atoms with Crippen LogP contribution >= 0.6 is 0 Å². The Labute approximate surface area is 148 Å². The number of benzene rings is 2. The molecular formula is C21H22N2O2. The van der Waals surface area contributed by atoms with E-state index in [-0.39, 0.29) is 12.6 Å². The third-order valence-electron chi connectivity index (χ3n) is 4.23. The van der Waals surface area contributed by atoms with Crippen LogP contribution in [0.25, 0.3) is 11.1 Å². The van der Waals surface area contributed by atoms with Crippen molar-refractivity contribution in [3.05, 3.63) is 78.1 Å². The molecule has 128 valence electrons. The first-order chi connectivity index (χ1) is 12.2. The molecule has 0 aliphatic carbocycles. The minimum atomic E-state index is -0.0510. The topological polar surface area (TPSA) is 54.4 Å². The summed E-state index contributed by atoms with van der Waals surface area (Å²) in [5.74, 6) is 0.695. The van der Waals surface area contributed by atoms with Gasteiger partial charge in [-0.3, -0.25) is 4.98 Å². The number of nitrogens with zero attached hydrogens (tertiary/aromatic N) is 1. The minimum Gasteiger partial charge on any atom is -0.496 e. The second-order valence-corrected chi connectivity index (χ2v) is 5.91. The third-order valence-corrected chi connectivity index (χ3v) is 4.23. The lowest BCUT2D eigenvalue weighted by molar-refractivity contribution is 0.274. The van der Waals surface area contributed by atoms with Crippen LogP contribution in [0.2, 0.25) is 0 Å². The molecule has 1 aromatic heterocycles. The number of nitrogens with one attached hydrogen (secondary N) is 1. The fraction of sp³-hybridized carbons (Fsp3) is 0.190. The van der Waals surface area contributed by atoms with E-state index in [2.05, 4.69) is 41.5 Å². The number of hydrogen-bond acceptors (Lipinski definition) is 4. The number of aromatic nitrogens is 1. The summed E-state index contributed by atoms with van der Waals surface area (Å²) in [5, 5.41) is 13.0. The van der Waals surface area contributed by atoms with Gasteiger partial charge in [0.1, 0.15) is 5.75 Å². The number of aliphatic hydroxyl groups excluding tert-OH is 1. The number of methoxy groups -OCH3 is 1. The zero-order chi connectivity index (χ0) is 17.6. The summed E-state index contributed by atoms with van der Waals surface area (Å²) in [7, 11) is 1.61. The van der Waals surface area contributed by atoms with E-state index in [0.717, 1.165) is 16.8 Å². The van der Waals surface area contributed by atoms with E-state index in [1.807, 2.05) is 30.3 Å². The molecule has 2 aromatic carbocycles. The Morgan fingerprint density at radius 3 is 2.56 bits per heavy atom. The summed E-state index contributed by atoms with van der Waals surface area (Å²) in [6.07, 6.45) is 3.61. The molecule has 1 heterocycles. The zero-order valence-electron chi connectivity index (χ0n) is 14.4. The Morgan fingerprint density at radius 1 is 1.04 bits per heavy atom. The standard InChI is InChI=1S/C21H22N2O2/c1-15(23-20-6-7-21(25-2)19(13-20)14-24)17-4-3-5-18(12-17)16-8-10-22-11-9-16/h3-13,15,23-24H,14H2,1-2H3. The van der Waals surface area contributed by atoms with E-state index < -0.39 is 0 Å². The molecule has 2 N–H and O–H groups in total. The fourth-order valence-electron chi connectivity index (χ4n) is 2.86. The van der Waals surface area contributed by atoms with Gasteiger partial charge in [0, 0.05) is 29.7 Å². The second kappa shape index (κ2) is 7.81. The predicted molar refractivity (Wildman–Crippen MR) is 101 cm³/mol. The molecule has 0 fully saturated rings. The van der Waals surface area contributed by atoms with Crippen molar-refractivity contribution in [1.82, 2.24) is 4.98 Å². The largest absolute Gasteiger partial charge is 0.496 e. The smallest absolute Gasteiger partial charge is 0.124 e. The highest BCUT2D eigenvalue weighted by Crippen LogP contribution is 2.27. The van der Waals surface area contributed by atoms with Crippen LogP contribution in [-0.2, 0) is 6.61 Å².